The van der Waals surface area contributed by atoms with Gasteiger partial charge in [-0.3, -0.25) is 4.79 Å². The molecule has 0 bridgehead atoms. The van der Waals surface area contributed by atoms with Gasteiger partial charge in [-0.2, -0.15) is 0 Å². The summed E-state index contributed by atoms with van der Waals surface area (Å²) < 4.78 is 5.46. The van der Waals surface area contributed by atoms with Crippen molar-refractivity contribution in [1.29, 1.82) is 0 Å². The molecule has 2 atom stereocenters. The van der Waals surface area contributed by atoms with Crippen LogP contribution >= 0.6 is 11.6 Å². The first kappa shape index (κ1) is 14.2. The Labute approximate surface area is 118 Å². The fourth-order valence-electron chi connectivity index (χ4n) is 2.40. The topological polar surface area (TPSA) is 55.6 Å². The monoisotopic (exact) mass is 282 g/mol. The maximum Gasteiger partial charge on any atom is 0.260 e. The molecule has 1 aliphatic rings. The van der Waals surface area contributed by atoms with Crippen LogP contribution in [-0.4, -0.2) is 36.5 Å². The van der Waals surface area contributed by atoms with Crippen molar-refractivity contribution in [3.8, 4) is 5.75 Å². The molecule has 4 nitrogen and oxygen atoms in total. The summed E-state index contributed by atoms with van der Waals surface area (Å²) >= 11 is 5.86. The summed E-state index contributed by atoms with van der Waals surface area (Å²) in [6, 6.07) is 7.10. The first-order valence-electron chi connectivity index (χ1n) is 6.46. The van der Waals surface area contributed by atoms with E-state index in [2.05, 4.69) is 6.92 Å². The maximum absolute atomic E-state index is 12.1. The molecule has 1 heterocycles. The largest absolute Gasteiger partial charge is 0.484 e. The number of benzene rings is 1. The van der Waals surface area contributed by atoms with Crippen molar-refractivity contribution >= 4 is 17.5 Å². The number of piperidine rings is 1. The lowest BCUT2D eigenvalue weighted by atomic mass is 9.97. The Hall–Kier alpha value is -1.26. The van der Waals surface area contributed by atoms with Gasteiger partial charge in [0.15, 0.2) is 6.61 Å². The molecule has 0 aromatic heterocycles. The molecule has 1 aromatic rings. The van der Waals surface area contributed by atoms with Crippen molar-refractivity contribution in [3.63, 3.8) is 0 Å². The minimum Gasteiger partial charge on any atom is -0.484 e. The second-order valence-electron chi connectivity index (χ2n) is 5.15. The zero-order valence-corrected chi connectivity index (χ0v) is 11.8. The number of hydrogen-bond donors (Lipinski definition) is 1. The predicted octanol–water partition coefficient (Wildman–Crippen LogP) is 1.91. The van der Waals surface area contributed by atoms with Gasteiger partial charge in [-0.15, -0.1) is 0 Å². The van der Waals surface area contributed by atoms with Gasteiger partial charge in [0.05, 0.1) is 0 Å². The Morgan fingerprint density at radius 1 is 1.53 bits per heavy atom. The molecule has 2 rings (SSSR count). The molecule has 0 spiro atoms. The Morgan fingerprint density at radius 3 is 3.00 bits per heavy atom. The molecule has 0 radical (unpaired) electrons. The van der Waals surface area contributed by atoms with Crippen LogP contribution in [0.4, 0.5) is 0 Å². The highest BCUT2D eigenvalue weighted by Gasteiger charge is 2.25. The van der Waals surface area contributed by atoms with Crippen molar-refractivity contribution in [2.45, 2.75) is 19.4 Å². The number of nitrogens with zero attached hydrogens (tertiary/aromatic N) is 1. The zero-order valence-electron chi connectivity index (χ0n) is 11.0. The summed E-state index contributed by atoms with van der Waals surface area (Å²) in [7, 11) is 0. The molecule has 5 heteroatoms. The summed E-state index contributed by atoms with van der Waals surface area (Å²) in [6.45, 7) is 3.50. The molecular weight excluding hydrogens is 264 g/mol. The van der Waals surface area contributed by atoms with E-state index in [-0.39, 0.29) is 18.6 Å². The van der Waals surface area contributed by atoms with Gasteiger partial charge in [0.2, 0.25) is 0 Å². The molecule has 1 amide bonds. The second kappa shape index (κ2) is 6.26. The summed E-state index contributed by atoms with van der Waals surface area (Å²) in [5.74, 6) is 1.02. The van der Waals surface area contributed by atoms with E-state index < -0.39 is 0 Å². The third-order valence-electron chi connectivity index (χ3n) is 3.20. The van der Waals surface area contributed by atoms with Crippen molar-refractivity contribution in [2.75, 3.05) is 19.7 Å². The van der Waals surface area contributed by atoms with Crippen LogP contribution < -0.4 is 10.5 Å². The minimum absolute atomic E-state index is 0.0259. The predicted molar refractivity (Wildman–Crippen MR) is 75.3 cm³/mol. The second-order valence-corrected chi connectivity index (χ2v) is 5.58. The number of nitrogens with two attached hydrogens (primary N) is 1. The molecule has 1 aromatic carbocycles. The standard InChI is InChI=1S/C14H19ClN2O2/c1-10-5-12(16)8-17(7-10)14(18)9-19-13-4-2-3-11(15)6-13/h2-4,6,10,12H,5,7-9,16H2,1H3. The number of amides is 1. The molecule has 2 unspecified atom stereocenters. The third kappa shape index (κ3) is 4.11. The van der Waals surface area contributed by atoms with Crippen LogP contribution in [0.25, 0.3) is 0 Å². The number of carbonyl (C=O) groups is 1. The van der Waals surface area contributed by atoms with E-state index in [0.29, 0.717) is 23.2 Å². The summed E-state index contributed by atoms with van der Waals surface area (Å²) in [4.78, 5) is 13.8. The van der Waals surface area contributed by atoms with Crippen LogP contribution in [0.1, 0.15) is 13.3 Å². The highest BCUT2D eigenvalue weighted by atomic mass is 35.5. The normalized spacial score (nSPS) is 23.2. The molecule has 1 saturated heterocycles. The summed E-state index contributed by atoms with van der Waals surface area (Å²) in [5, 5.41) is 0.596. The molecule has 0 saturated carbocycles. The molecule has 0 aliphatic carbocycles. The first-order chi connectivity index (χ1) is 9.04. The lowest BCUT2D eigenvalue weighted by Crippen LogP contribution is -2.50. The van der Waals surface area contributed by atoms with Gasteiger partial charge < -0.3 is 15.4 Å². The summed E-state index contributed by atoms with van der Waals surface area (Å²) in [6.07, 6.45) is 0.971. The van der Waals surface area contributed by atoms with E-state index in [4.69, 9.17) is 22.1 Å². The van der Waals surface area contributed by atoms with Crippen LogP contribution in [0.5, 0.6) is 5.75 Å². The highest BCUT2D eigenvalue weighted by molar-refractivity contribution is 6.30. The van der Waals surface area contributed by atoms with Crippen molar-refractivity contribution in [2.24, 2.45) is 11.7 Å². The van der Waals surface area contributed by atoms with Crippen molar-refractivity contribution in [3.05, 3.63) is 29.3 Å². The van der Waals surface area contributed by atoms with Gasteiger partial charge >= 0.3 is 0 Å². The van der Waals surface area contributed by atoms with Gasteiger partial charge in [0.1, 0.15) is 5.75 Å². The molecule has 104 valence electrons. The van der Waals surface area contributed by atoms with E-state index in [9.17, 15) is 4.79 Å². The number of halogens is 1. The van der Waals surface area contributed by atoms with Crippen LogP contribution in [0.3, 0.4) is 0 Å². The highest BCUT2D eigenvalue weighted by Crippen LogP contribution is 2.18. The van der Waals surface area contributed by atoms with E-state index >= 15 is 0 Å². The molecule has 19 heavy (non-hydrogen) atoms. The third-order valence-corrected chi connectivity index (χ3v) is 3.44. The molecular formula is C14H19ClN2O2. The molecule has 1 fully saturated rings. The lowest BCUT2D eigenvalue weighted by Gasteiger charge is -2.34. The number of rotatable bonds is 3. The Kier molecular flexibility index (Phi) is 4.66. The number of likely N-dealkylation sites (tertiary alicyclic amines) is 1. The minimum atomic E-state index is -0.0259. The average Bonchev–Trinajstić information content (AvgIpc) is 2.35. The number of ether oxygens (including phenoxy) is 1. The first-order valence-corrected chi connectivity index (χ1v) is 6.84. The Balaban J connectivity index is 1.87. The van der Waals surface area contributed by atoms with Crippen molar-refractivity contribution in [1.82, 2.24) is 4.90 Å². The summed E-state index contributed by atoms with van der Waals surface area (Å²) in [5.41, 5.74) is 5.93. The van der Waals surface area contributed by atoms with Gasteiger partial charge in [-0.05, 0) is 30.5 Å². The van der Waals surface area contributed by atoms with E-state index in [1.807, 2.05) is 0 Å². The van der Waals surface area contributed by atoms with Crippen LogP contribution in [0, 0.1) is 5.92 Å². The van der Waals surface area contributed by atoms with Crippen LogP contribution in [0.2, 0.25) is 5.02 Å². The van der Waals surface area contributed by atoms with Gasteiger partial charge in [-0.25, -0.2) is 0 Å². The van der Waals surface area contributed by atoms with E-state index in [1.165, 1.54) is 0 Å². The fraction of sp³-hybridized carbons (Fsp3) is 0.500. The van der Waals surface area contributed by atoms with Gasteiger partial charge in [0, 0.05) is 24.2 Å². The lowest BCUT2D eigenvalue weighted by molar-refractivity contribution is -0.135. The number of hydrogen-bond acceptors (Lipinski definition) is 3. The molecule has 1 aliphatic heterocycles. The van der Waals surface area contributed by atoms with Crippen LogP contribution in [0.15, 0.2) is 24.3 Å². The molecule has 2 N–H and O–H groups in total. The SMILES string of the molecule is CC1CC(N)CN(C(=O)COc2cccc(Cl)c2)C1. The van der Waals surface area contributed by atoms with Gasteiger partial charge in [0.25, 0.3) is 5.91 Å². The fourth-order valence-corrected chi connectivity index (χ4v) is 2.58. The maximum atomic E-state index is 12.1. The van der Waals surface area contributed by atoms with Crippen molar-refractivity contribution < 1.29 is 9.53 Å². The Bertz CT molecular complexity index is 443. The van der Waals surface area contributed by atoms with E-state index in [0.717, 1.165) is 13.0 Å². The average molecular weight is 283 g/mol. The van der Waals surface area contributed by atoms with E-state index in [1.54, 1.807) is 29.2 Å². The van der Waals surface area contributed by atoms with Gasteiger partial charge in [-0.1, -0.05) is 24.6 Å². The smallest absolute Gasteiger partial charge is 0.260 e. The quantitative estimate of drug-likeness (QED) is 0.921. The Morgan fingerprint density at radius 2 is 2.32 bits per heavy atom. The van der Waals surface area contributed by atoms with Crippen LogP contribution in [-0.2, 0) is 4.79 Å². The zero-order chi connectivity index (χ0) is 13.8. The number of carbonyl (C=O) groups excluding carboxylic acids is 1.